The van der Waals surface area contributed by atoms with Crippen LogP contribution in [-0.2, 0) is 6.54 Å². The molecule has 0 bridgehead atoms. The average molecular weight is 410 g/mol. The molecule has 2 aliphatic rings. The maximum absolute atomic E-state index is 15.2. The van der Waals surface area contributed by atoms with E-state index in [0.717, 1.165) is 16.7 Å². The molecular weight excluding hydrogens is 383 g/mol. The van der Waals surface area contributed by atoms with E-state index < -0.39 is 0 Å². The van der Waals surface area contributed by atoms with Crippen LogP contribution in [0.2, 0.25) is 0 Å². The van der Waals surface area contributed by atoms with Crippen LogP contribution in [-0.4, -0.2) is 30.2 Å². The van der Waals surface area contributed by atoms with E-state index in [9.17, 15) is 5.26 Å². The number of nitrogens with one attached hydrogen (secondary N) is 3. The Labute approximate surface area is 176 Å². The minimum absolute atomic E-state index is 0.00465. The van der Waals surface area contributed by atoms with Gasteiger partial charge in [0.25, 0.3) is 0 Å². The van der Waals surface area contributed by atoms with E-state index in [0.29, 0.717) is 31.0 Å². The van der Waals surface area contributed by atoms with E-state index >= 15 is 4.39 Å². The van der Waals surface area contributed by atoms with Crippen molar-refractivity contribution >= 4 is 0 Å². The van der Waals surface area contributed by atoms with E-state index in [4.69, 9.17) is 4.74 Å². The maximum atomic E-state index is 15.2. The molecule has 5 unspecified atom stereocenters. The predicted octanol–water partition coefficient (Wildman–Crippen LogP) is 2.50. The van der Waals surface area contributed by atoms with Crippen LogP contribution in [0.15, 0.2) is 24.5 Å². The fourth-order valence-electron chi connectivity index (χ4n) is 5.06. The summed E-state index contributed by atoms with van der Waals surface area (Å²) in [5.41, 5.74) is 10.1. The van der Waals surface area contributed by atoms with Gasteiger partial charge in [-0.25, -0.2) is 19.8 Å². The normalized spacial score (nSPS) is 28.0. The van der Waals surface area contributed by atoms with Crippen LogP contribution >= 0.6 is 0 Å². The van der Waals surface area contributed by atoms with Crippen molar-refractivity contribution in [1.82, 2.24) is 26.1 Å². The topological polar surface area (TPSA) is 94.9 Å². The third-order valence-electron chi connectivity index (χ3n) is 6.39. The molecule has 5 atom stereocenters. The maximum Gasteiger partial charge on any atom is 0.316 e. The first-order valence-corrected chi connectivity index (χ1v) is 10.3. The second-order valence-electron chi connectivity index (χ2n) is 8.19. The van der Waals surface area contributed by atoms with Crippen molar-refractivity contribution in [3.8, 4) is 12.1 Å². The second kappa shape index (κ2) is 8.64. The zero-order chi connectivity index (χ0) is 21.3. The number of aromatic nitrogens is 2. The molecule has 1 saturated heterocycles. The zero-order valence-corrected chi connectivity index (χ0v) is 17.4. The van der Waals surface area contributed by atoms with Gasteiger partial charge >= 0.3 is 6.01 Å². The van der Waals surface area contributed by atoms with Crippen molar-refractivity contribution in [3.05, 3.63) is 52.6 Å². The standard InChI is InChI=1S/C22H27FN6O/c1-12-4-13(9-25-2)5-18(23)20(12)16-7-17-19(6-14(16)8-24)28-29-21(17)15-10-26-22(30-3)27-11-15/h4-5,10-11,14,16-17,19,21,25,28-29H,6-7,9H2,1-3H3. The molecule has 30 heavy (non-hydrogen) atoms. The minimum atomic E-state index is -0.241. The van der Waals surface area contributed by atoms with E-state index in [1.165, 1.54) is 7.11 Å². The SMILES string of the molecule is CNCc1cc(C)c(C2CC3C(CC2C#N)NNC3c2cnc(OC)nc2)c(F)c1. The summed E-state index contributed by atoms with van der Waals surface area (Å²) in [7, 11) is 3.38. The van der Waals surface area contributed by atoms with E-state index in [2.05, 4.69) is 32.2 Å². The summed E-state index contributed by atoms with van der Waals surface area (Å²) in [5.74, 6) is -0.405. The van der Waals surface area contributed by atoms with Gasteiger partial charge in [0, 0.05) is 36.5 Å². The summed E-state index contributed by atoms with van der Waals surface area (Å²) in [6, 6.07) is 6.53. The van der Waals surface area contributed by atoms with Crippen molar-refractivity contribution in [3.63, 3.8) is 0 Å². The summed E-state index contributed by atoms with van der Waals surface area (Å²) in [4.78, 5) is 8.45. The fourth-order valence-corrected chi connectivity index (χ4v) is 5.06. The van der Waals surface area contributed by atoms with E-state index in [1.807, 2.05) is 20.0 Å². The van der Waals surface area contributed by atoms with Crippen LogP contribution in [0.25, 0.3) is 0 Å². The average Bonchev–Trinajstić information content (AvgIpc) is 3.16. The zero-order valence-electron chi connectivity index (χ0n) is 17.4. The molecule has 1 saturated carbocycles. The van der Waals surface area contributed by atoms with Crippen LogP contribution in [0.3, 0.4) is 0 Å². The molecule has 1 aromatic heterocycles. The van der Waals surface area contributed by atoms with Crippen molar-refractivity contribution < 1.29 is 9.13 Å². The first-order valence-electron chi connectivity index (χ1n) is 10.3. The molecule has 158 valence electrons. The smallest absolute Gasteiger partial charge is 0.316 e. The Bertz CT molecular complexity index is 921. The summed E-state index contributed by atoms with van der Waals surface area (Å²) >= 11 is 0. The van der Waals surface area contributed by atoms with Gasteiger partial charge in [0.15, 0.2) is 0 Å². The van der Waals surface area contributed by atoms with E-state index in [-0.39, 0.29) is 35.7 Å². The quantitative estimate of drug-likeness (QED) is 0.697. The molecule has 8 heteroatoms. The third kappa shape index (κ3) is 3.76. The van der Waals surface area contributed by atoms with Crippen molar-refractivity contribution in [2.45, 2.75) is 44.3 Å². The van der Waals surface area contributed by atoms with E-state index in [1.54, 1.807) is 18.5 Å². The third-order valence-corrected chi connectivity index (χ3v) is 6.39. The number of hydrogen-bond donors (Lipinski definition) is 3. The van der Waals surface area contributed by atoms with Crippen LogP contribution in [0, 0.1) is 35.9 Å². The van der Waals surface area contributed by atoms with Crippen LogP contribution < -0.4 is 20.9 Å². The molecule has 7 nitrogen and oxygen atoms in total. The number of benzene rings is 1. The van der Waals surface area contributed by atoms with Crippen molar-refractivity contribution in [1.29, 1.82) is 5.26 Å². The van der Waals surface area contributed by atoms with Gasteiger partial charge in [0.05, 0.1) is 25.1 Å². The van der Waals surface area contributed by atoms with Crippen LogP contribution in [0.4, 0.5) is 4.39 Å². The molecule has 1 aliphatic heterocycles. The summed E-state index contributed by atoms with van der Waals surface area (Å²) in [6.07, 6.45) is 4.90. The molecule has 3 N–H and O–H groups in total. The lowest BCUT2D eigenvalue weighted by Gasteiger charge is -2.37. The number of ether oxygens (including phenoxy) is 1. The Morgan fingerprint density at radius 3 is 2.67 bits per heavy atom. The van der Waals surface area contributed by atoms with Gasteiger partial charge in [-0.15, -0.1) is 0 Å². The molecule has 2 fully saturated rings. The van der Waals surface area contributed by atoms with Crippen molar-refractivity contribution in [2.24, 2.45) is 11.8 Å². The minimum Gasteiger partial charge on any atom is -0.467 e. The van der Waals surface area contributed by atoms with Gasteiger partial charge < -0.3 is 10.1 Å². The fraction of sp³-hybridized carbons (Fsp3) is 0.500. The highest BCUT2D eigenvalue weighted by atomic mass is 19.1. The summed E-state index contributed by atoms with van der Waals surface area (Å²) in [6.45, 7) is 2.56. The van der Waals surface area contributed by atoms with Gasteiger partial charge in [0.2, 0.25) is 0 Å². The second-order valence-corrected chi connectivity index (χ2v) is 8.19. The molecule has 0 spiro atoms. The van der Waals surface area contributed by atoms with Gasteiger partial charge in [-0.05, 0) is 55.5 Å². The van der Waals surface area contributed by atoms with Crippen molar-refractivity contribution in [2.75, 3.05) is 14.2 Å². The molecule has 4 rings (SSSR count). The molecular formula is C22H27FN6O. The number of aryl methyl sites for hydroxylation is 1. The number of rotatable bonds is 5. The highest BCUT2D eigenvalue weighted by Crippen LogP contribution is 2.48. The van der Waals surface area contributed by atoms with Crippen LogP contribution in [0.1, 0.15) is 47.1 Å². The molecule has 0 amide bonds. The lowest BCUT2D eigenvalue weighted by atomic mass is 9.66. The highest BCUT2D eigenvalue weighted by molar-refractivity contribution is 5.37. The first kappa shape index (κ1) is 20.7. The molecule has 2 aromatic rings. The lowest BCUT2D eigenvalue weighted by Crippen LogP contribution is -2.39. The summed E-state index contributed by atoms with van der Waals surface area (Å²) < 4.78 is 20.2. The number of nitrogens with zero attached hydrogens (tertiary/aromatic N) is 3. The molecule has 1 aliphatic carbocycles. The Hall–Kier alpha value is -2.60. The number of hydrazine groups is 1. The van der Waals surface area contributed by atoms with Gasteiger partial charge in [-0.3, -0.25) is 5.43 Å². The number of halogens is 1. The lowest BCUT2D eigenvalue weighted by molar-refractivity contribution is 0.234. The largest absolute Gasteiger partial charge is 0.467 e. The van der Waals surface area contributed by atoms with Gasteiger partial charge in [-0.2, -0.15) is 5.26 Å². The first-order chi connectivity index (χ1) is 14.5. The Kier molecular flexibility index (Phi) is 5.95. The monoisotopic (exact) mass is 410 g/mol. The molecule has 0 radical (unpaired) electrons. The molecule has 2 heterocycles. The Balaban J connectivity index is 1.64. The van der Waals surface area contributed by atoms with Gasteiger partial charge in [-0.1, -0.05) is 6.07 Å². The summed E-state index contributed by atoms with van der Waals surface area (Å²) in [5, 5.41) is 12.9. The number of hydrogen-bond acceptors (Lipinski definition) is 7. The van der Waals surface area contributed by atoms with Gasteiger partial charge in [0.1, 0.15) is 5.82 Å². The predicted molar refractivity (Wildman–Crippen MR) is 110 cm³/mol. The van der Waals surface area contributed by atoms with Crippen LogP contribution in [0.5, 0.6) is 6.01 Å². The number of methoxy groups -OCH3 is 1. The molecule has 1 aromatic carbocycles. The number of nitriles is 1. The highest BCUT2D eigenvalue weighted by Gasteiger charge is 2.46. The number of fused-ring (bicyclic) bond motifs is 1. The Morgan fingerprint density at radius 2 is 2.03 bits per heavy atom. The Morgan fingerprint density at radius 1 is 1.27 bits per heavy atom.